The highest BCUT2D eigenvalue weighted by Crippen LogP contribution is 2.10. The molecule has 0 bridgehead atoms. The Kier molecular flexibility index (Phi) is 4.43. The van der Waals surface area contributed by atoms with E-state index in [1.807, 2.05) is 0 Å². The highest BCUT2D eigenvalue weighted by atomic mass is 32.2. The van der Waals surface area contributed by atoms with Gasteiger partial charge in [0.2, 0.25) is 5.91 Å². The molecule has 6 nitrogen and oxygen atoms in total. The molecule has 0 heterocycles. The summed E-state index contributed by atoms with van der Waals surface area (Å²) in [6.45, 7) is 1.64. The Morgan fingerprint density at radius 3 is 2.33 bits per heavy atom. The minimum Gasteiger partial charge on any atom is -0.411 e. The predicted molar refractivity (Wildman–Crippen MR) is 68.8 cm³/mol. The topological polar surface area (TPSA) is 95.8 Å². The second-order valence-electron chi connectivity index (χ2n) is 3.88. The smallest absolute Gasteiger partial charge is 0.239 e. The van der Waals surface area contributed by atoms with Gasteiger partial charge in [-0.2, -0.15) is 0 Å². The fourth-order valence-corrected chi connectivity index (χ4v) is 1.84. The summed E-state index contributed by atoms with van der Waals surface area (Å²) in [6.07, 6.45) is 0.997. The first kappa shape index (κ1) is 14.2. The van der Waals surface area contributed by atoms with Crippen LogP contribution in [-0.4, -0.2) is 37.3 Å². The van der Waals surface area contributed by atoms with Crippen LogP contribution in [0.15, 0.2) is 29.4 Å². The number of oxime groups is 1. The van der Waals surface area contributed by atoms with Crippen molar-refractivity contribution < 1.29 is 18.4 Å². The number of hydrogen-bond donors (Lipinski definition) is 2. The van der Waals surface area contributed by atoms with E-state index in [1.165, 1.54) is 0 Å². The molecule has 0 aliphatic carbocycles. The zero-order valence-corrected chi connectivity index (χ0v) is 10.9. The molecule has 0 saturated heterocycles. The van der Waals surface area contributed by atoms with Crippen LogP contribution < -0.4 is 5.32 Å². The SMILES string of the molecule is CC(=NO)c1ccc(NC(=O)CS(C)(=O)=O)cc1. The lowest BCUT2D eigenvalue weighted by atomic mass is 10.1. The molecule has 0 aliphatic heterocycles. The first-order valence-corrected chi connectivity index (χ1v) is 7.14. The second kappa shape index (κ2) is 5.63. The van der Waals surface area contributed by atoms with Gasteiger partial charge in [0.15, 0.2) is 9.84 Å². The Morgan fingerprint density at radius 2 is 1.89 bits per heavy atom. The molecule has 0 fully saturated rings. The molecule has 0 saturated carbocycles. The lowest BCUT2D eigenvalue weighted by Gasteiger charge is -2.05. The molecular formula is C11H14N2O4S. The maximum atomic E-state index is 11.3. The van der Waals surface area contributed by atoms with E-state index >= 15 is 0 Å². The largest absolute Gasteiger partial charge is 0.411 e. The van der Waals surface area contributed by atoms with Gasteiger partial charge in [-0.05, 0) is 24.6 Å². The predicted octanol–water partition coefficient (Wildman–Crippen LogP) is 0.868. The quantitative estimate of drug-likeness (QED) is 0.482. The van der Waals surface area contributed by atoms with Crippen molar-refractivity contribution in [1.29, 1.82) is 0 Å². The van der Waals surface area contributed by atoms with Gasteiger partial charge in [-0.1, -0.05) is 17.3 Å². The van der Waals surface area contributed by atoms with Gasteiger partial charge in [-0.15, -0.1) is 0 Å². The van der Waals surface area contributed by atoms with E-state index in [2.05, 4.69) is 10.5 Å². The van der Waals surface area contributed by atoms with E-state index < -0.39 is 21.5 Å². The molecule has 1 rings (SSSR count). The van der Waals surface area contributed by atoms with Gasteiger partial charge in [-0.25, -0.2) is 8.42 Å². The number of anilines is 1. The third kappa shape index (κ3) is 4.54. The molecule has 0 aromatic heterocycles. The van der Waals surface area contributed by atoms with Crippen molar-refractivity contribution in [2.75, 3.05) is 17.3 Å². The monoisotopic (exact) mass is 270 g/mol. The summed E-state index contributed by atoms with van der Waals surface area (Å²) in [5, 5.41) is 14.1. The molecule has 0 spiro atoms. The van der Waals surface area contributed by atoms with E-state index in [0.29, 0.717) is 17.0 Å². The van der Waals surface area contributed by atoms with Crippen molar-refractivity contribution in [3.8, 4) is 0 Å². The van der Waals surface area contributed by atoms with Crippen LogP contribution in [0.1, 0.15) is 12.5 Å². The highest BCUT2D eigenvalue weighted by molar-refractivity contribution is 7.91. The first-order valence-electron chi connectivity index (χ1n) is 5.08. The van der Waals surface area contributed by atoms with Gasteiger partial charge in [0, 0.05) is 11.9 Å². The Labute approximate surface area is 105 Å². The average molecular weight is 270 g/mol. The minimum absolute atomic E-state index is 0.448. The van der Waals surface area contributed by atoms with Crippen LogP contribution in [0.4, 0.5) is 5.69 Å². The van der Waals surface area contributed by atoms with Crippen LogP contribution in [0.2, 0.25) is 0 Å². The van der Waals surface area contributed by atoms with Crippen LogP contribution in [0.3, 0.4) is 0 Å². The van der Waals surface area contributed by atoms with Crippen molar-refractivity contribution in [3.05, 3.63) is 29.8 Å². The summed E-state index contributed by atoms with van der Waals surface area (Å²) in [6, 6.07) is 6.52. The van der Waals surface area contributed by atoms with Crippen LogP contribution in [0.5, 0.6) is 0 Å². The molecular weight excluding hydrogens is 256 g/mol. The lowest BCUT2D eigenvalue weighted by Crippen LogP contribution is -2.21. The van der Waals surface area contributed by atoms with Crippen LogP contribution in [0, 0.1) is 0 Å². The van der Waals surface area contributed by atoms with E-state index in [9.17, 15) is 13.2 Å². The molecule has 7 heteroatoms. The van der Waals surface area contributed by atoms with Crippen LogP contribution in [0.25, 0.3) is 0 Å². The highest BCUT2D eigenvalue weighted by Gasteiger charge is 2.10. The van der Waals surface area contributed by atoms with Gasteiger partial charge in [0.05, 0.1) is 5.71 Å². The van der Waals surface area contributed by atoms with E-state index in [1.54, 1.807) is 31.2 Å². The van der Waals surface area contributed by atoms with E-state index in [0.717, 1.165) is 6.26 Å². The number of carbonyl (C=O) groups is 1. The summed E-state index contributed by atoms with van der Waals surface area (Å²) >= 11 is 0. The fraction of sp³-hybridized carbons (Fsp3) is 0.273. The average Bonchev–Trinajstić information content (AvgIpc) is 2.26. The zero-order valence-electron chi connectivity index (χ0n) is 10.0. The molecule has 0 unspecified atom stereocenters. The summed E-state index contributed by atoms with van der Waals surface area (Å²) in [4.78, 5) is 11.3. The molecule has 0 radical (unpaired) electrons. The summed E-state index contributed by atoms with van der Waals surface area (Å²) in [5.41, 5.74) is 1.64. The number of amides is 1. The lowest BCUT2D eigenvalue weighted by molar-refractivity contribution is -0.113. The number of carbonyl (C=O) groups excluding carboxylic acids is 1. The maximum Gasteiger partial charge on any atom is 0.239 e. The molecule has 0 aliphatic rings. The molecule has 1 aromatic carbocycles. The maximum absolute atomic E-state index is 11.3. The first-order chi connectivity index (χ1) is 8.31. The third-order valence-corrected chi connectivity index (χ3v) is 2.92. The third-order valence-electron chi connectivity index (χ3n) is 2.13. The van der Waals surface area contributed by atoms with Crippen molar-refractivity contribution >= 4 is 27.1 Å². The van der Waals surface area contributed by atoms with E-state index in [-0.39, 0.29) is 0 Å². The van der Waals surface area contributed by atoms with E-state index in [4.69, 9.17) is 5.21 Å². The van der Waals surface area contributed by atoms with Crippen molar-refractivity contribution in [2.24, 2.45) is 5.16 Å². The van der Waals surface area contributed by atoms with Crippen molar-refractivity contribution in [3.63, 3.8) is 0 Å². The number of nitrogens with zero attached hydrogens (tertiary/aromatic N) is 1. The Morgan fingerprint density at radius 1 is 1.33 bits per heavy atom. The number of sulfone groups is 1. The Bertz CT molecular complexity index is 561. The minimum atomic E-state index is -3.33. The molecule has 2 N–H and O–H groups in total. The summed E-state index contributed by atoms with van der Waals surface area (Å²) < 4.78 is 21.8. The Balaban J connectivity index is 2.73. The number of benzene rings is 1. The van der Waals surface area contributed by atoms with Gasteiger partial charge in [0.1, 0.15) is 5.75 Å². The summed E-state index contributed by atoms with van der Waals surface area (Å²) in [7, 11) is -3.33. The van der Waals surface area contributed by atoms with Gasteiger partial charge < -0.3 is 10.5 Å². The normalized spacial score (nSPS) is 12.2. The molecule has 98 valence electrons. The number of rotatable bonds is 4. The van der Waals surface area contributed by atoms with Gasteiger partial charge >= 0.3 is 0 Å². The zero-order chi connectivity index (χ0) is 13.8. The molecule has 18 heavy (non-hydrogen) atoms. The number of hydrogen-bond acceptors (Lipinski definition) is 5. The van der Waals surface area contributed by atoms with Crippen LogP contribution in [-0.2, 0) is 14.6 Å². The molecule has 1 aromatic rings. The van der Waals surface area contributed by atoms with Crippen molar-refractivity contribution in [2.45, 2.75) is 6.92 Å². The standard InChI is InChI=1S/C11H14N2O4S/c1-8(13-15)9-3-5-10(6-4-9)12-11(14)7-18(2,16)17/h3-6,15H,7H2,1-2H3,(H,12,14). The number of nitrogens with one attached hydrogen (secondary N) is 1. The molecule has 1 amide bonds. The molecule has 0 atom stereocenters. The van der Waals surface area contributed by atoms with Gasteiger partial charge in [-0.3, -0.25) is 4.79 Å². The second-order valence-corrected chi connectivity index (χ2v) is 6.02. The summed E-state index contributed by atoms with van der Waals surface area (Å²) in [5.74, 6) is -1.14. The van der Waals surface area contributed by atoms with Gasteiger partial charge in [0.25, 0.3) is 0 Å². The Hall–Kier alpha value is -1.89. The fourth-order valence-electron chi connectivity index (χ4n) is 1.29. The van der Waals surface area contributed by atoms with Crippen molar-refractivity contribution in [1.82, 2.24) is 0 Å². The van der Waals surface area contributed by atoms with Crippen LogP contribution >= 0.6 is 0 Å².